The summed E-state index contributed by atoms with van der Waals surface area (Å²) in [6.07, 6.45) is 9.14. The van der Waals surface area contributed by atoms with Gasteiger partial charge in [0.15, 0.2) is 11.3 Å². The number of carbonyl (C=O) groups excluding carboxylic acids is 2. The number of imidazole rings is 1. The van der Waals surface area contributed by atoms with E-state index in [-0.39, 0.29) is 49.2 Å². The minimum Gasteiger partial charge on any atom is -0.349 e. The number of aromatic nitrogens is 6. The maximum Gasteiger partial charge on any atom is 0.274 e. The van der Waals surface area contributed by atoms with Crippen LogP contribution < -0.4 is 10.6 Å². The van der Waals surface area contributed by atoms with Crippen molar-refractivity contribution in [3.05, 3.63) is 41.6 Å². The minimum atomic E-state index is -2.69. The lowest BCUT2D eigenvalue weighted by Crippen LogP contribution is -2.37. The summed E-state index contributed by atoms with van der Waals surface area (Å²) in [4.78, 5) is 31.7. The number of carbonyl (C=O) groups is 2. The van der Waals surface area contributed by atoms with E-state index in [0.717, 1.165) is 31.2 Å². The fourth-order valence-corrected chi connectivity index (χ4v) is 5.36. The van der Waals surface area contributed by atoms with E-state index in [9.17, 15) is 18.4 Å². The number of hydrogen-bond acceptors (Lipinski definition) is 6. The first-order valence-electron chi connectivity index (χ1n) is 14.0. The van der Waals surface area contributed by atoms with Crippen molar-refractivity contribution in [3.63, 3.8) is 0 Å². The predicted molar refractivity (Wildman–Crippen MR) is 139 cm³/mol. The van der Waals surface area contributed by atoms with Crippen LogP contribution in [0.3, 0.4) is 0 Å². The number of halogens is 2. The van der Waals surface area contributed by atoms with Crippen LogP contribution in [0.2, 0.25) is 0 Å². The number of aryl methyl sites for hydroxylation is 1. The molecule has 2 N–H and O–H groups in total. The van der Waals surface area contributed by atoms with Crippen molar-refractivity contribution in [2.75, 3.05) is 0 Å². The molecule has 10 nitrogen and oxygen atoms in total. The zero-order chi connectivity index (χ0) is 27.6. The molecule has 0 aromatic carbocycles. The van der Waals surface area contributed by atoms with Gasteiger partial charge in [0.2, 0.25) is 11.8 Å². The van der Waals surface area contributed by atoms with Crippen LogP contribution in [0.1, 0.15) is 105 Å². The molecule has 3 aromatic heterocycles. The highest BCUT2D eigenvalue weighted by Crippen LogP contribution is 2.42. The summed E-state index contributed by atoms with van der Waals surface area (Å²) in [5.41, 5.74) is 2.19. The van der Waals surface area contributed by atoms with Crippen molar-refractivity contribution in [1.82, 2.24) is 40.2 Å². The number of fused-ring (bicyclic) bond motifs is 1. The minimum absolute atomic E-state index is 0.0195. The standard InChI is InChI=1S/C27H36F2N8O2/c1-3-5-23(38)33-24(17-6-7-17)19-13-22-32-21(16-36(22)30-14-19)25(18-8-10-27(28,29)11-9-18)34-26(39)20-15-31-37(35-20)12-4-2/h13-18,24-25H,3-12H2,1-2H3,(H,33,38)(H,34,39)/t24-,25+/m1/s1. The van der Waals surface area contributed by atoms with E-state index in [1.807, 2.05) is 19.9 Å². The van der Waals surface area contributed by atoms with Crippen LogP contribution in [0.15, 0.2) is 24.7 Å². The van der Waals surface area contributed by atoms with Crippen LogP contribution in [0.5, 0.6) is 0 Å². The highest BCUT2D eigenvalue weighted by Gasteiger charge is 2.40. The zero-order valence-corrected chi connectivity index (χ0v) is 22.4. The van der Waals surface area contributed by atoms with E-state index in [4.69, 9.17) is 4.98 Å². The van der Waals surface area contributed by atoms with Gasteiger partial charge in [-0.25, -0.2) is 18.3 Å². The van der Waals surface area contributed by atoms with Crippen LogP contribution in [0.4, 0.5) is 8.78 Å². The van der Waals surface area contributed by atoms with E-state index in [1.165, 1.54) is 11.0 Å². The lowest BCUT2D eigenvalue weighted by molar-refractivity contribution is -0.122. The Labute approximate surface area is 225 Å². The monoisotopic (exact) mass is 542 g/mol. The second-order valence-electron chi connectivity index (χ2n) is 10.9. The lowest BCUT2D eigenvalue weighted by atomic mass is 9.81. The topological polar surface area (TPSA) is 119 Å². The Morgan fingerprint density at radius 3 is 2.46 bits per heavy atom. The highest BCUT2D eigenvalue weighted by molar-refractivity contribution is 5.92. The van der Waals surface area contributed by atoms with Gasteiger partial charge in [-0.3, -0.25) is 9.59 Å². The summed E-state index contributed by atoms with van der Waals surface area (Å²) in [6, 6.07) is 1.21. The predicted octanol–water partition coefficient (Wildman–Crippen LogP) is 4.39. The summed E-state index contributed by atoms with van der Waals surface area (Å²) in [7, 11) is 0. The Bertz CT molecular complexity index is 1310. The van der Waals surface area contributed by atoms with Gasteiger partial charge < -0.3 is 10.6 Å². The summed E-state index contributed by atoms with van der Waals surface area (Å²) < 4.78 is 29.6. The van der Waals surface area contributed by atoms with E-state index < -0.39 is 17.9 Å². The number of alkyl halides is 2. The molecule has 2 aliphatic rings. The summed E-state index contributed by atoms with van der Waals surface area (Å²) >= 11 is 0. The molecule has 2 aliphatic carbocycles. The Morgan fingerprint density at radius 1 is 1.03 bits per heavy atom. The van der Waals surface area contributed by atoms with Crippen LogP contribution >= 0.6 is 0 Å². The fraction of sp³-hybridized carbons (Fsp3) is 0.630. The molecule has 0 saturated heterocycles. The van der Waals surface area contributed by atoms with Gasteiger partial charge in [-0.2, -0.15) is 15.0 Å². The van der Waals surface area contributed by atoms with Gasteiger partial charge in [0.1, 0.15) is 0 Å². The number of nitrogens with zero attached hydrogens (tertiary/aromatic N) is 6. The molecular formula is C27H36F2N8O2. The average Bonchev–Trinajstić information content (AvgIpc) is 3.48. The van der Waals surface area contributed by atoms with Crippen molar-refractivity contribution in [1.29, 1.82) is 0 Å². The highest BCUT2D eigenvalue weighted by atomic mass is 19.3. The van der Waals surface area contributed by atoms with Crippen molar-refractivity contribution < 1.29 is 18.4 Å². The molecule has 2 saturated carbocycles. The van der Waals surface area contributed by atoms with E-state index in [0.29, 0.717) is 30.2 Å². The van der Waals surface area contributed by atoms with Crippen LogP contribution in [-0.4, -0.2) is 47.3 Å². The van der Waals surface area contributed by atoms with E-state index in [2.05, 4.69) is 25.9 Å². The van der Waals surface area contributed by atoms with Gasteiger partial charge in [-0.05, 0) is 62.0 Å². The Morgan fingerprint density at radius 2 is 1.77 bits per heavy atom. The van der Waals surface area contributed by atoms with Crippen molar-refractivity contribution in [3.8, 4) is 0 Å². The molecular weight excluding hydrogens is 506 g/mol. The second kappa shape index (κ2) is 11.4. The Balaban J connectivity index is 1.41. The van der Waals surface area contributed by atoms with Gasteiger partial charge >= 0.3 is 0 Å². The lowest BCUT2D eigenvalue weighted by Gasteiger charge is -2.33. The third-order valence-corrected chi connectivity index (χ3v) is 7.64. The van der Waals surface area contributed by atoms with Crippen LogP contribution in [-0.2, 0) is 11.3 Å². The molecule has 0 unspecified atom stereocenters. The third-order valence-electron chi connectivity index (χ3n) is 7.64. The quantitative estimate of drug-likeness (QED) is 0.371. The molecule has 2 atom stereocenters. The molecule has 0 radical (unpaired) electrons. The van der Waals surface area contributed by atoms with Gasteiger partial charge in [0.05, 0.1) is 42.9 Å². The summed E-state index contributed by atoms with van der Waals surface area (Å²) in [6.45, 7) is 4.56. The number of hydrogen-bond donors (Lipinski definition) is 2. The summed E-state index contributed by atoms with van der Waals surface area (Å²) in [5, 5.41) is 19.1. The molecule has 12 heteroatoms. The molecule has 2 fully saturated rings. The third kappa shape index (κ3) is 6.42. The molecule has 39 heavy (non-hydrogen) atoms. The molecule has 2 amide bonds. The Hall–Kier alpha value is -3.44. The first-order chi connectivity index (χ1) is 18.8. The molecule has 0 spiro atoms. The molecule has 0 bridgehead atoms. The molecule has 5 rings (SSSR count). The Kier molecular flexibility index (Phi) is 7.90. The van der Waals surface area contributed by atoms with Crippen molar-refractivity contribution in [2.24, 2.45) is 11.8 Å². The molecule has 210 valence electrons. The van der Waals surface area contributed by atoms with Crippen LogP contribution in [0, 0.1) is 11.8 Å². The number of nitrogens with one attached hydrogen (secondary N) is 2. The average molecular weight is 543 g/mol. The normalized spacial score (nSPS) is 19.1. The fourth-order valence-electron chi connectivity index (χ4n) is 5.36. The molecule has 0 aliphatic heterocycles. The number of amides is 2. The maximum atomic E-state index is 14.0. The van der Waals surface area contributed by atoms with Gasteiger partial charge in [0, 0.05) is 19.3 Å². The van der Waals surface area contributed by atoms with E-state index in [1.54, 1.807) is 16.9 Å². The SMILES string of the molecule is CCCC(=O)N[C@@H](c1cnn2cc([C@@H](NC(=O)c3cnn(CCC)n3)C3CCC(F)(F)CC3)nc2c1)C1CC1. The first-order valence-corrected chi connectivity index (χ1v) is 14.0. The van der Waals surface area contributed by atoms with Gasteiger partial charge in [-0.15, -0.1) is 5.10 Å². The number of rotatable bonds is 11. The van der Waals surface area contributed by atoms with Crippen molar-refractivity contribution in [2.45, 2.75) is 96.2 Å². The van der Waals surface area contributed by atoms with Gasteiger partial charge in [0.25, 0.3) is 5.91 Å². The molecule has 3 aromatic rings. The largest absolute Gasteiger partial charge is 0.349 e. The maximum absolute atomic E-state index is 14.0. The van der Waals surface area contributed by atoms with Crippen LogP contribution in [0.25, 0.3) is 5.65 Å². The van der Waals surface area contributed by atoms with Crippen molar-refractivity contribution >= 4 is 17.5 Å². The second-order valence-corrected chi connectivity index (χ2v) is 10.9. The van der Waals surface area contributed by atoms with E-state index >= 15 is 0 Å². The first kappa shape index (κ1) is 27.1. The molecule has 3 heterocycles. The summed E-state index contributed by atoms with van der Waals surface area (Å²) in [5.74, 6) is -2.93. The zero-order valence-electron chi connectivity index (χ0n) is 22.4. The smallest absolute Gasteiger partial charge is 0.274 e. The van der Waals surface area contributed by atoms with Gasteiger partial charge in [-0.1, -0.05) is 13.8 Å².